The van der Waals surface area contributed by atoms with Crippen LogP contribution in [-0.4, -0.2) is 29.2 Å². The first-order valence-electron chi connectivity index (χ1n) is 6.89. The predicted molar refractivity (Wildman–Crippen MR) is 78.9 cm³/mol. The summed E-state index contributed by atoms with van der Waals surface area (Å²) in [5, 5.41) is 14.1. The average molecular weight is 283 g/mol. The van der Waals surface area contributed by atoms with Crippen LogP contribution in [0.5, 0.6) is 0 Å². The van der Waals surface area contributed by atoms with Crippen molar-refractivity contribution in [3.05, 3.63) is 35.6 Å². The molecule has 3 unspecified atom stereocenters. The molecule has 0 aliphatic heterocycles. The third kappa shape index (κ3) is 4.20. The predicted octanol–water partition coefficient (Wildman–Crippen LogP) is 3.12. The van der Waals surface area contributed by atoms with Gasteiger partial charge in [-0.05, 0) is 31.6 Å². The fourth-order valence-corrected chi connectivity index (χ4v) is 3.51. The van der Waals surface area contributed by atoms with Crippen LogP contribution in [-0.2, 0) is 0 Å². The van der Waals surface area contributed by atoms with Gasteiger partial charge in [0.1, 0.15) is 5.82 Å². The highest BCUT2D eigenvalue weighted by Gasteiger charge is 2.22. The number of hydrogen-bond donors (Lipinski definition) is 2. The zero-order chi connectivity index (χ0) is 13.7. The third-order valence-corrected chi connectivity index (χ3v) is 4.92. The molecule has 0 amide bonds. The Bertz CT molecular complexity index is 401. The van der Waals surface area contributed by atoms with Gasteiger partial charge >= 0.3 is 0 Å². The number of rotatable bonds is 5. The highest BCUT2D eigenvalue weighted by molar-refractivity contribution is 7.99. The van der Waals surface area contributed by atoms with E-state index >= 15 is 0 Å². The molecule has 0 saturated heterocycles. The highest BCUT2D eigenvalue weighted by atomic mass is 32.2. The summed E-state index contributed by atoms with van der Waals surface area (Å²) in [4.78, 5) is 0. The number of thioether (sulfide) groups is 1. The summed E-state index contributed by atoms with van der Waals surface area (Å²) in [5.41, 5.74) is 0.382. The number of aliphatic hydroxyl groups is 1. The standard InChI is InChI=1S/C15H22FNOS/c1-19-12-6-4-5-11(9-12)17-10-15(18)13-7-2-3-8-14(13)16/h2-3,7-8,11-12,15,17-18H,4-6,9-10H2,1H3. The van der Waals surface area contributed by atoms with Crippen molar-refractivity contribution in [3.8, 4) is 0 Å². The lowest BCUT2D eigenvalue weighted by molar-refractivity contribution is 0.161. The average Bonchev–Trinajstić information content (AvgIpc) is 2.45. The Morgan fingerprint density at radius 1 is 1.42 bits per heavy atom. The molecule has 2 nitrogen and oxygen atoms in total. The van der Waals surface area contributed by atoms with E-state index in [1.54, 1.807) is 18.2 Å². The van der Waals surface area contributed by atoms with E-state index in [0.717, 1.165) is 18.1 Å². The van der Waals surface area contributed by atoms with Crippen molar-refractivity contribution >= 4 is 11.8 Å². The zero-order valence-corrected chi connectivity index (χ0v) is 12.1. The van der Waals surface area contributed by atoms with Crippen LogP contribution in [0.2, 0.25) is 0 Å². The maximum absolute atomic E-state index is 13.5. The van der Waals surface area contributed by atoms with Gasteiger partial charge in [0.25, 0.3) is 0 Å². The van der Waals surface area contributed by atoms with Gasteiger partial charge in [0.05, 0.1) is 6.10 Å². The van der Waals surface area contributed by atoms with Crippen LogP contribution in [0.15, 0.2) is 24.3 Å². The monoisotopic (exact) mass is 283 g/mol. The molecule has 3 atom stereocenters. The molecular formula is C15H22FNOS. The van der Waals surface area contributed by atoms with Gasteiger partial charge in [-0.2, -0.15) is 11.8 Å². The van der Waals surface area contributed by atoms with Gasteiger partial charge in [-0.25, -0.2) is 4.39 Å². The summed E-state index contributed by atoms with van der Waals surface area (Å²) >= 11 is 1.92. The Balaban J connectivity index is 1.83. The Kier molecular flexibility index (Phi) is 5.67. The van der Waals surface area contributed by atoms with Crippen LogP contribution in [0.4, 0.5) is 4.39 Å². The smallest absolute Gasteiger partial charge is 0.129 e. The number of nitrogens with one attached hydrogen (secondary N) is 1. The molecule has 0 spiro atoms. The largest absolute Gasteiger partial charge is 0.387 e. The lowest BCUT2D eigenvalue weighted by Gasteiger charge is -2.29. The van der Waals surface area contributed by atoms with Gasteiger partial charge in [-0.15, -0.1) is 0 Å². The second-order valence-electron chi connectivity index (χ2n) is 5.17. The molecule has 19 heavy (non-hydrogen) atoms. The van der Waals surface area contributed by atoms with Crippen LogP contribution in [0.1, 0.15) is 37.4 Å². The summed E-state index contributed by atoms with van der Waals surface area (Å²) < 4.78 is 13.5. The summed E-state index contributed by atoms with van der Waals surface area (Å²) in [7, 11) is 0. The summed E-state index contributed by atoms with van der Waals surface area (Å²) in [6.45, 7) is 0.423. The topological polar surface area (TPSA) is 32.3 Å². The maximum Gasteiger partial charge on any atom is 0.129 e. The molecule has 0 radical (unpaired) electrons. The molecule has 1 aliphatic carbocycles. The first-order valence-corrected chi connectivity index (χ1v) is 8.18. The molecule has 1 saturated carbocycles. The van der Waals surface area contributed by atoms with Crippen molar-refractivity contribution in [3.63, 3.8) is 0 Å². The lowest BCUT2D eigenvalue weighted by atomic mass is 9.94. The van der Waals surface area contributed by atoms with E-state index < -0.39 is 6.10 Å². The van der Waals surface area contributed by atoms with E-state index in [0.29, 0.717) is 18.2 Å². The molecule has 1 fully saturated rings. The van der Waals surface area contributed by atoms with Gasteiger partial charge < -0.3 is 10.4 Å². The van der Waals surface area contributed by atoms with Crippen LogP contribution in [0.3, 0.4) is 0 Å². The van der Waals surface area contributed by atoms with E-state index in [-0.39, 0.29) is 5.82 Å². The molecule has 0 bridgehead atoms. The van der Waals surface area contributed by atoms with Crippen molar-refractivity contribution in [2.24, 2.45) is 0 Å². The Labute approximate surface area is 118 Å². The normalized spacial score (nSPS) is 25.2. The van der Waals surface area contributed by atoms with Gasteiger partial charge in [-0.3, -0.25) is 0 Å². The van der Waals surface area contributed by atoms with E-state index in [2.05, 4.69) is 11.6 Å². The van der Waals surface area contributed by atoms with Gasteiger partial charge in [0.15, 0.2) is 0 Å². The van der Waals surface area contributed by atoms with Crippen LogP contribution in [0.25, 0.3) is 0 Å². The van der Waals surface area contributed by atoms with E-state index in [9.17, 15) is 9.50 Å². The highest BCUT2D eigenvalue weighted by Crippen LogP contribution is 2.27. The Hall–Kier alpha value is -0.580. The zero-order valence-electron chi connectivity index (χ0n) is 11.3. The van der Waals surface area contributed by atoms with Crippen molar-refractivity contribution in [1.29, 1.82) is 0 Å². The van der Waals surface area contributed by atoms with Crippen molar-refractivity contribution < 1.29 is 9.50 Å². The van der Waals surface area contributed by atoms with Crippen LogP contribution >= 0.6 is 11.8 Å². The summed E-state index contributed by atoms with van der Waals surface area (Å²) in [5.74, 6) is -0.331. The second-order valence-corrected chi connectivity index (χ2v) is 6.30. The first kappa shape index (κ1) is 14.8. The molecule has 1 aromatic rings. The van der Waals surface area contributed by atoms with Crippen LogP contribution in [0, 0.1) is 5.82 Å². The van der Waals surface area contributed by atoms with Gasteiger partial charge in [0, 0.05) is 23.4 Å². The fraction of sp³-hybridized carbons (Fsp3) is 0.600. The maximum atomic E-state index is 13.5. The molecular weight excluding hydrogens is 261 g/mol. The molecule has 2 rings (SSSR count). The first-order chi connectivity index (χ1) is 9.20. The minimum absolute atomic E-state index is 0.331. The molecule has 1 aromatic carbocycles. The van der Waals surface area contributed by atoms with Crippen molar-refractivity contribution in [1.82, 2.24) is 5.32 Å². The van der Waals surface area contributed by atoms with E-state index in [1.165, 1.54) is 18.9 Å². The fourth-order valence-electron chi connectivity index (χ4n) is 2.68. The number of aliphatic hydroxyl groups excluding tert-OH is 1. The summed E-state index contributed by atoms with van der Waals surface area (Å²) in [6.07, 6.45) is 6.21. The molecule has 4 heteroatoms. The SMILES string of the molecule is CSC1CCCC(NCC(O)c2ccccc2F)C1. The second kappa shape index (κ2) is 7.27. The number of halogens is 1. The van der Waals surface area contributed by atoms with Crippen molar-refractivity contribution in [2.45, 2.75) is 43.1 Å². The quantitative estimate of drug-likeness (QED) is 0.871. The van der Waals surface area contributed by atoms with Crippen molar-refractivity contribution in [2.75, 3.05) is 12.8 Å². The van der Waals surface area contributed by atoms with Crippen LogP contribution < -0.4 is 5.32 Å². The molecule has 1 aliphatic rings. The molecule has 106 valence electrons. The molecule has 0 aromatic heterocycles. The summed E-state index contributed by atoms with van der Waals surface area (Å²) in [6, 6.07) is 6.89. The Morgan fingerprint density at radius 3 is 2.95 bits per heavy atom. The molecule has 2 N–H and O–H groups in total. The molecule has 0 heterocycles. The lowest BCUT2D eigenvalue weighted by Crippen LogP contribution is -2.37. The minimum Gasteiger partial charge on any atom is -0.387 e. The number of hydrogen-bond acceptors (Lipinski definition) is 3. The Morgan fingerprint density at radius 2 is 2.21 bits per heavy atom. The van der Waals surface area contributed by atoms with E-state index in [4.69, 9.17) is 0 Å². The van der Waals surface area contributed by atoms with E-state index in [1.807, 2.05) is 11.8 Å². The third-order valence-electron chi connectivity index (χ3n) is 3.82. The van der Waals surface area contributed by atoms with Gasteiger partial charge in [-0.1, -0.05) is 24.6 Å². The number of benzene rings is 1. The van der Waals surface area contributed by atoms with Gasteiger partial charge in [0.2, 0.25) is 0 Å². The minimum atomic E-state index is -0.768.